The fourth-order valence-corrected chi connectivity index (χ4v) is 1.49. The van der Waals surface area contributed by atoms with Crippen molar-refractivity contribution in [1.29, 1.82) is 0 Å². The number of nitrogens with one attached hydrogen (secondary N) is 2. The van der Waals surface area contributed by atoms with Crippen LogP contribution in [0.2, 0.25) is 0 Å². The lowest BCUT2D eigenvalue weighted by Gasteiger charge is -2.03. The third-order valence-electron chi connectivity index (χ3n) is 2.68. The Morgan fingerprint density at radius 3 is 2.74 bits per heavy atom. The highest BCUT2D eigenvalue weighted by molar-refractivity contribution is 6.01. The predicted octanol–water partition coefficient (Wildman–Crippen LogP) is 2.63. The number of H-pyrrole nitrogens is 1. The number of nitrogens with zero attached hydrogens (tertiary/aromatic N) is 2. The molecule has 2 N–H and O–H groups in total. The Morgan fingerprint density at radius 2 is 2.16 bits per heavy atom. The average Bonchev–Trinajstić information content (AvgIpc) is 2.83. The lowest BCUT2D eigenvalue weighted by molar-refractivity contribution is 0.101. The Kier molecular flexibility index (Phi) is 3.59. The molecule has 0 atom stereocenters. The number of hydrogen-bond donors (Lipinski definition) is 2. The molecule has 1 heterocycles. The number of anilines is 1. The van der Waals surface area contributed by atoms with Crippen molar-refractivity contribution >= 4 is 11.6 Å². The maximum absolute atomic E-state index is 13.4. The van der Waals surface area contributed by atoms with Gasteiger partial charge in [0.1, 0.15) is 11.6 Å². The SMILES string of the molecule is Cc1ccc(NC(=O)c2n[nH]c(C(C)C)n2)cc1F. The second-order valence-corrected chi connectivity index (χ2v) is 4.62. The van der Waals surface area contributed by atoms with Crippen molar-refractivity contribution in [3.05, 3.63) is 41.2 Å². The van der Waals surface area contributed by atoms with E-state index in [1.54, 1.807) is 19.1 Å². The molecule has 0 radical (unpaired) electrons. The number of amides is 1. The molecule has 1 aromatic heterocycles. The number of benzene rings is 1. The van der Waals surface area contributed by atoms with Crippen molar-refractivity contribution in [2.75, 3.05) is 5.32 Å². The van der Waals surface area contributed by atoms with Gasteiger partial charge in [0, 0.05) is 11.6 Å². The molecule has 1 amide bonds. The van der Waals surface area contributed by atoms with Crippen LogP contribution in [-0.2, 0) is 0 Å². The second-order valence-electron chi connectivity index (χ2n) is 4.62. The molecule has 1 aromatic carbocycles. The Morgan fingerprint density at radius 1 is 1.42 bits per heavy atom. The third kappa shape index (κ3) is 2.96. The molecule has 0 aliphatic heterocycles. The minimum Gasteiger partial charge on any atom is -0.319 e. The van der Waals surface area contributed by atoms with Gasteiger partial charge in [0.05, 0.1) is 0 Å². The zero-order chi connectivity index (χ0) is 14.0. The van der Waals surface area contributed by atoms with Gasteiger partial charge in [-0.1, -0.05) is 19.9 Å². The number of halogens is 1. The second kappa shape index (κ2) is 5.17. The zero-order valence-electron chi connectivity index (χ0n) is 11.0. The van der Waals surface area contributed by atoms with E-state index in [2.05, 4.69) is 20.5 Å². The van der Waals surface area contributed by atoms with Gasteiger partial charge in [0.15, 0.2) is 0 Å². The van der Waals surface area contributed by atoms with E-state index in [4.69, 9.17) is 0 Å². The highest BCUT2D eigenvalue weighted by atomic mass is 19.1. The van der Waals surface area contributed by atoms with Crippen LogP contribution < -0.4 is 5.32 Å². The molecule has 0 aliphatic carbocycles. The fourth-order valence-electron chi connectivity index (χ4n) is 1.49. The Hall–Kier alpha value is -2.24. The van der Waals surface area contributed by atoms with Gasteiger partial charge < -0.3 is 5.32 Å². The first-order chi connectivity index (χ1) is 8.97. The van der Waals surface area contributed by atoms with E-state index in [1.165, 1.54) is 6.07 Å². The number of rotatable bonds is 3. The topological polar surface area (TPSA) is 70.7 Å². The van der Waals surface area contributed by atoms with Gasteiger partial charge in [-0.3, -0.25) is 9.89 Å². The number of carbonyl (C=O) groups excluding carboxylic acids is 1. The van der Waals surface area contributed by atoms with Crippen molar-refractivity contribution in [2.45, 2.75) is 26.7 Å². The van der Waals surface area contributed by atoms with E-state index in [-0.39, 0.29) is 17.6 Å². The standard InChI is InChI=1S/C13H15FN4O/c1-7(2)11-16-12(18-17-11)13(19)15-9-5-4-8(3)10(14)6-9/h4-7H,1-3H3,(H,15,19)(H,16,17,18). The Balaban J connectivity index is 2.13. The first-order valence-corrected chi connectivity index (χ1v) is 5.97. The summed E-state index contributed by atoms with van der Waals surface area (Å²) in [4.78, 5) is 15.9. The molecular formula is C13H15FN4O. The van der Waals surface area contributed by atoms with Gasteiger partial charge in [0.25, 0.3) is 5.91 Å². The fraction of sp³-hybridized carbons (Fsp3) is 0.308. The highest BCUT2D eigenvalue weighted by Crippen LogP contribution is 2.14. The van der Waals surface area contributed by atoms with Crippen molar-refractivity contribution in [1.82, 2.24) is 15.2 Å². The molecule has 0 saturated heterocycles. The van der Waals surface area contributed by atoms with Crippen LogP contribution in [0.3, 0.4) is 0 Å². The summed E-state index contributed by atoms with van der Waals surface area (Å²) >= 11 is 0. The van der Waals surface area contributed by atoms with Crippen molar-refractivity contribution in [3.8, 4) is 0 Å². The van der Waals surface area contributed by atoms with E-state index >= 15 is 0 Å². The third-order valence-corrected chi connectivity index (χ3v) is 2.68. The molecule has 0 fully saturated rings. The van der Waals surface area contributed by atoms with E-state index in [9.17, 15) is 9.18 Å². The maximum atomic E-state index is 13.4. The zero-order valence-corrected chi connectivity index (χ0v) is 11.0. The van der Waals surface area contributed by atoms with Gasteiger partial charge in [-0.2, -0.15) is 0 Å². The van der Waals surface area contributed by atoms with Crippen LogP contribution in [0.15, 0.2) is 18.2 Å². The summed E-state index contributed by atoms with van der Waals surface area (Å²) in [6.07, 6.45) is 0. The summed E-state index contributed by atoms with van der Waals surface area (Å²) in [6, 6.07) is 4.50. The molecule has 0 saturated carbocycles. The molecule has 0 unspecified atom stereocenters. The van der Waals surface area contributed by atoms with Crippen LogP contribution in [-0.4, -0.2) is 21.1 Å². The minimum atomic E-state index is -0.466. The van der Waals surface area contributed by atoms with E-state index in [1.807, 2.05) is 13.8 Å². The molecule has 0 spiro atoms. The Labute approximate surface area is 110 Å². The lowest BCUT2D eigenvalue weighted by Crippen LogP contribution is -2.14. The van der Waals surface area contributed by atoms with Gasteiger partial charge in [-0.15, -0.1) is 5.10 Å². The van der Waals surface area contributed by atoms with E-state index in [0.717, 1.165) is 0 Å². The maximum Gasteiger partial charge on any atom is 0.295 e. The van der Waals surface area contributed by atoms with Gasteiger partial charge in [-0.25, -0.2) is 9.37 Å². The highest BCUT2D eigenvalue weighted by Gasteiger charge is 2.14. The summed E-state index contributed by atoms with van der Waals surface area (Å²) < 4.78 is 13.4. The number of carbonyl (C=O) groups is 1. The predicted molar refractivity (Wildman–Crippen MR) is 69.6 cm³/mol. The van der Waals surface area contributed by atoms with Gasteiger partial charge in [0.2, 0.25) is 5.82 Å². The van der Waals surface area contributed by atoms with Crippen molar-refractivity contribution in [3.63, 3.8) is 0 Å². The largest absolute Gasteiger partial charge is 0.319 e. The monoisotopic (exact) mass is 262 g/mol. The van der Waals surface area contributed by atoms with Crippen LogP contribution in [0.25, 0.3) is 0 Å². The van der Waals surface area contributed by atoms with Crippen LogP contribution in [0, 0.1) is 12.7 Å². The molecule has 0 aliphatic rings. The quantitative estimate of drug-likeness (QED) is 0.893. The minimum absolute atomic E-state index is 0.0460. The number of aromatic amines is 1. The Bertz CT molecular complexity index is 606. The number of aryl methyl sites for hydroxylation is 1. The molecule has 0 bridgehead atoms. The average molecular weight is 262 g/mol. The van der Waals surface area contributed by atoms with Crippen molar-refractivity contribution < 1.29 is 9.18 Å². The van der Waals surface area contributed by atoms with E-state index in [0.29, 0.717) is 17.1 Å². The number of aromatic nitrogens is 3. The van der Waals surface area contributed by atoms with Crippen LogP contribution in [0.1, 0.15) is 41.8 Å². The molecule has 5 nitrogen and oxygen atoms in total. The molecule has 6 heteroatoms. The summed E-state index contributed by atoms with van der Waals surface area (Å²) in [5.41, 5.74) is 0.905. The lowest BCUT2D eigenvalue weighted by atomic mass is 10.2. The number of hydrogen-bond acceptors (Lipinski definition) is 3. The van der Waals surface area contributed by atoms with Gasteiger partial charge in [-0.05, 0) is 24.6 Å². The summed E-state index contributed by atoms with van der Waals surface area (Å²) in [5, 5.41) is 9.08. The summed E-state index contributed by atoms with van der Waals surface area (Å²) in [6.45, 7) is 5.54. The van der Waals surface area contributed by atoms with Gasteiger partial charge >= 0.3 is 0 Å². The smallest absolute Gasteiger partial charge is 0.295 e. The molecule has 100 valence electrons. The summed E-state index contributed by atoms with van der Waals surface area (Å²) in [5.74, 6) is 0.0119. The molecule has 2 aromatic rings. The van der Waals surface area contributed by atoms with Crippen LogP contribution >= 0.6 is 0 Å². The molecular weight excluding hydrogens is 247 g/mol. The molecule has 2 rings (SSSR count). The first kappa shape index (κ1) is 13.2. The van der Waals surface area contributed by atoms with Crippen LogP contribution in [0.5, 0.6) is 0 Å². The first-order valence-electron chi connectivity index (χ1n) is 5.97. The normalized spacial score (nSPS) is 10.8. The van der Waals surface area contributed by atoms with Crippen molar-refractivity contribution in [2.24, 2.45) is 0 Å². The van der Waals surface area contributed by atoms with E-state index < -0.39 is 5.91 Å². The molecule has 19 heavy (non-hydrogen) atoms. The summed E-state index contributed by atoms with van der Waals surface area (Å²) in [7, 11) is 0. The van der Waals surface area contributed by atoms with Crippen LogP contribution in [0.4, 0.5) is 10.1 Å².